The van der Waals surface area contributed by atoms with Gasteiger partial charge in [0, 0.05) is 13.1 Å². The van der Waals surface area contributed by atoms with Gasteiger partial charge in [-0.2, -0.15) is 0 Å². The number of rotatable bonds is 12. The van der Waals surface area contributed by atoms with Crippen molar-refractivity contribution in [1.29, 1.82) is 0 Å². The zero-order valence-corrected chi connectivity index (χ0v) is 14.8. The molecule has 0 bridgehead atoms. The topological polar surface area (TPSA) is 29.1 Å². The number of hydrogen-bond donors (Lipinski definition) is 1. The normalized spacial score (nSPS) is 11.6. The highest BCUT2D eigenvalue weighted by Gasteiger charge is 1.97. The molecule has 3 heteroatoms. The molecule has 19 heavy (non-hydrogen) atoms. The van der Waals surface area contributed by atoms with Gasteiger partial charge < -0.3 is 5.32 Å². The third kappa shape index (κ3) is 14.2. The van der Waals surface area contributed by atoms with Crippen LogP contribution < -0.4 is 5.32 Å². The SMILES string of the molecule is CCCCCCCCCCCC/C(I)=C/C(=O)NC. The van der Waals surface area contributed by atoms with Crippen LogP contribution in [0.3, 0.4) is 0 Å². The second-order valence-corrected chi connectivity index (χ2v) is 6.52. The first kappa shape index (κ1) is 18.9. The molecule has 0 aromatic rings. The van der Waals surface area contributed by atoms with Crippen molar-refractivity contribution in [2.75, 3.05) is 7.05 Å². The first-order valence-electron chi connectivity index (χ1n) is 7.78. The smallest absolute Gasteiger partial charge is 0.244 e. The van der Waals surface area contributed by atoms with E-state index in [1.807, 2.05) is 0 Å². The zero-order chi connectivity index (χ0) is 14.3. The largest absolute Gasteiger partial charge is 0.356 e. The molecule has 0 radical (unpaired) electrons. The van der Waals surface area contributed by atoms with Gasteiger partial charge in [-0.25, -0.2) is 0 Å². The van der Waals surface area contributed by atoms with Crippen molar-refractivity contribution in [1.82, 2.24) is 5.32 Å². The molecule has 0 aromatic heterocycles. The Morgan fingerprint density at radius 2 is 1.42 bits per heavy atom. The highest BCUT2D eigenvalue weighted by Crippen LogP contribution is 2.17. The van der Waals surface area contributed by atoms with Crippen LogP contribution >= 0.6 is 22.6 Å². The standard InChI is InChI=1S/C16H30INO/c1-3-4-5-6-7-8-9-10-11-12-13-15(17)14-16(19)18-2/h14H,3-13H2,1-2H3,(H,18,19)/b15-14-. The number of allylic oxidation sites excluding steroid dienone is 1. The van der Waals surface area contributed by atoms with Crippen LogP contribution in [0.5, 0.6) is 0 Å². The molecule has 0 spiro atoms. The van der Waals surface area contributed by atoms with Crippen LogP contribution in [-0.2, 0) is 4.79 Å². The number of halogens is 1. The van der Waals surface area contributed by atoms with Crippen molar-refractivity contribution in [3.05, 3.63) is 9.66 Å². The molecule has 112 valence electrons. The van der Waals surface area contributed by atoms with Crippen LogP contribution in [0.2, 0.25) is 0 Å². The van der Waals surface area contributed by atoms with E-state index in [9.17, 15) is 4.79 Å². The van der Waals surface area contributed by atoms with Gasteiger partial charge in [-0.05, 0) is 39.0 Å². The van der Waals surface area contributed by atoms with Gasteiger partial charge in [-0.15, -0.1) is 0 Å². The summed E-state index contributed by atoms with van der Waals surface area (Å²) in [6.45, 7) is 2.26. The minimum absolute atomic E-state index is 0.0106. The number of likely N-dealkylation sites (N-methyl/N-ethyl adjacent to an activating group) is 1. The molecule has 1 amide bonds. The van der Waals surface area contributed by atoms with Crippen LogP contribution in [0.1, 0.15) is 77.6 Å². The van der Waals surface area contributed by atoms with Crippen molar-refractivity contribution >= 4 is 28.5 Å². The van der Waals surface area contributed by atoms with E-state index in [2.05, 4.69) is 34.8 Å². The molecule has 2 nitrogen and oxygen atoms in total. The Morgan fingerprint density at radius 1 is 0.947 bits per heavy atom. The minimum Gasteiger partial charge on any atom is -0.356 e. The number of carbonyl (C=O) groups is 1. The van der Waals surface area contributed by atoms with Gasteiger partial charge >= 0.3 is 0 Å². The quantitative estimate of drug-likeness (QED) is 0.276. The molecule has 0 fully saturated rings. The molecule has 1 N–H and O–H groups in total. The Bertz CT molecular complexity index is 251. The molecule has 0 heterocycles. The molecule has 0 saturated carbocycles. The average Bonchev–Trinajstić information content (AvgIpc) is 2.40. The van der Waals surface area contributed by atoms with E-state index in [1.54, 1.807) is 13.1 Å². The number of nitrogens with one attached hydrogen (secondary N) is 1. The van der Waals surface area contributed by atoms with Crippen molar-refractivity contribution in [2.24, 2.45) is 0 Å². The lowest BCUT2D eigenvalue weighted by molar-refractivity contribution is -0.116. The van der Waals surface area contributed by atoms with E-state index >= 15 is 0 Å². The first-order chi connectivity index (χ1) is 9.20. The number of carbonyl (C=O) groups excluding carboxylic acids is 1. The predicted octanol–water partition coefficient (Wildman–Crippen LogP) is 5.36. The third-order valence-corrected chi connectivity index (χ3v) is 4.15. The summed E-state index contributed by atoms with van der Waals surface area (Å²) in [5.41, 5.74) is 0. The number of hydrogen-bond acceptors (Lipinski definition) is 1. The Morgan fingerprint density at radius 3 is 1.89 bits per heavy atom. The van der Waals surface area contributed by atoms with Gasteiger partial charge in [-0.1, -0.05) is 64.7 Å². The van der Waals surface area contributed by atoms with E-state index in [0.29, 0.717) is 0 Å². The highest BCUT2D eigenvalue weighted by molar-refractivity contribution is 14.1. The minimum atomic E-state index is 0.0106. The van der Waals surface area contributed by atoms with Gasteiger partial charge in [0.25, 0.3) is 0 Å². The molecular weight excluding hydrogens is 349 g/mol. The third-order valence-electron chi connectivity index (χ3n) is 3.30. The van der Waals surface area contributed by atoms with E-state index in [-0.39, 0.29) is 5.91 Å². The fourth-order valence-electron chi connectivity index (χ4n) is 2.07. The van der Waals surface area contributed by atoms with Crippen molar-refractivity contribution < 1.29 is 4.79 Å². The van der Waals surface area contributed by atoms with E-state index in [1.165, 1.54) is 64.2 Å². The highest BCUT2D eigenvalue weighted by atomic mass is 127. The van der Waals surface area contributed by atoms with Crippen molar-refractivity contribution in [2.45, 2.75) is 77.6 Å². The van der Waals surface area contributed by atoms with E-state index < -0.39 is 0 Å². The average molecular weight is 379 g/mol. The monoisotopic (exact) mass is 379 g/mol. The summed E-state index contributed by atoms with van der Waals surface area (Å²) < 4.78 is 1.16. The summed E-state index contributed by atoms with van der Waals surface area (Å²) in [5.74, 6) is 0.0106. The van der Waals surface area contributed by atoms with Gasteiger partial charge in [-0.3, -0.25) is 4.79 Å². The summed E-state index contributed by atoms with van der Waals surface area (Å²) in [4.78, 5) is 11.1. The molecule has 0 unspecified atom stereocenters. The van der Waals surface area contributed by atoms with Crippen LogP contribution in [0.4, 0.5) is 0 Å². The Kier molecular flexibility index (Phi) is 14.3. The Labute approximate surface area is 132 Å². The predicted molar refractivity (Wildman–Crippen MR) is 92.6 cm³/mol. The molecule has 0 aliphatic carbocycles. The number of amides is 1. The second-order valence-electron chi connectivity index (χ2n) is 5.14. The Balaban J connectivity index is 3.27. The zero-order valence-electron chi connectivity index (χ0n) is 12.6. The van der Waals surface area contributed by atoms with E-state index in [0.717, 1.165) is 10.0 Å². The maximum atomic E-state index is 11.1. The number of unbranched alkanes of at least 4 members (excludes halogenated alkanes) is 9. The lowest BCUT2D eigenvalue weighted by atomic mass is 10.1. The molecule has 0 aromatic carbocycles. The van der Waals surface area contributed by atoms with Crippen molar-refractivity contribution in [3.8, 4) is 0 Å². The Hall–Kier alpha value is -0.0600. The maximum Gasteiger partial charge on any atom is 0.244 e. The summed E-state index contributed by atoms with van der Waals surface area (Å²) in [7, 11) is 1.67. The summed E-state index contributed by atoms with van der Waals surface area (Å²) in [6.07, 6.45) is 16.4. The molecule has 0 atom stereocenters. The summed E-state index contributed by atoms with van der Waals surface area (Å²) in [5, 5.41) is 2.61. The van der Waals surface area contributed by atoms with Crippen LogP contribution in [-0.4, -0.2) is 13.0 Å². The summed E-state index contributed by atoms with van der Waals surface area (Å²) in [6, 6.07) is 0. The fraction of sp³-hybridized carbons (Fsp3) is 0.812. The summed E-state index contributed by atoms with van der Waals surface area (Å²) >= 11 is 2.27. The van der Waals surface area contributed by atoms with Crippen LogP contribution in [0.15, 0.2) is 9.66 Å². The van der Waals surface area contributed by atoms with Gasteiger partial charge in [0.15, 0.2) is 0 Å². The second kappa shape index (κ2) is 14.4. The van der Waals surface area contributed by atoms with Crippen LogP contribution in [0.25, 0.3) is 0 Å². The molecule has 0 aliphatic heterocycles. The maximum absolute atomic E-state index is 11.1. The lowest BCUT2D eigenvalue weighted by Crippen LogP contribution is -2.14. The van der Waals surface area contributed by atoms with Gasteiger partial charge in [0.1, 0.15) is 0 Å². The first-order valence-corrected chi connectivity index (χ1v) is 8.86. The van der Waals surface area contributed by atoms with E-state index in [4.69, 9.17) is 0 Å². The lowest BCUT2D eigenvalue weighted by Gasteiger charge is -2.02. The molecule has 0 saturated heterocycles. The van der Waals surface area contributed by atoms with Gasteiger partial charge in [0.2, 0.25) is 5.91 Å². The van der Waals surface area contributed by atoms with Crippen molar-refractivity contribution in [3.63, 3.8) is 0 Å². The fourth-order valence-corrected chi connectivity index (χ4v) is 2.73. The molecule has 0 aliphatic rings. The molecular formula is C16H30INO. The van der Waals surface area contributed by atoms with Crippen LogP contribution in [0, 0.1) is 0 Å². The molecule has 0 rings (SSSR count). The van der Waals surface area contributed by atoms with Gasteiger partial charge in [0.05, 0.1) is 0 Å².